The van der Waals surface area contributed by atoms with E-state index in [4.69, 9.17) is 0 Å². The summed E-state index contributed by atoms with van der Waals surface area (Å²) in [7, 11) is 0. The molecular weight excluding hydrogens is 383 g/mol. The molecule has 0 saturated heterocycles. The molecule has 0 fully saturated rings. The van der Waals surface area contributed by atoms with E-state index >= 15 is 0 Å². The van der Waals surface area contributed by atoms with Crippen LogP contribution in [0.3, 0.4) is 0 Å². The molecule has 30 heavy (non-hydrogen) atoms. The number of nitrogens with one attached hydrogen (secondary N) is 1. The molecule has 1 N–H and O–H groups in total. The average Bonchev–Trinajstić information content (AvgIpc) is 3.07. The van der Waals surface area contributed by atoms with Crippen molar-refractivity contribution in [2.24, 2.45) is 0 Å². The molecule has 1 atom stereocenters. The first-order valence-corrected chi connectivity index (χ1v) is 9.75. The molecule has 0 saturated carbocycles. The zero-order valence-electron chi connectivity index (χ0n) is 16.6. The van der Waals surface area contributed by atoms with Gasteiger partial charge in [0.2, 0.25) is 5.91 Å². The van der Waals surface area contributed by atoms with E-state index in [0.29, 0.717) is 35.0 Å². The highest BCUT2D eigenvalue weighted by Crippen LogP contribution is 2.35. The Morgan fingerprint density at radius 1 is 1.20 bits per heavy atom. The van der Waals surface area contributed by atoms with Gasteiger partial charge in [-0.05, 0) is 31.0 Å². The molecule has 1 aromatic carbocycles. The molecular formula is C22H19FN6O. The normalized spacial score (nSPS) is 15.8. The Labute approximate surface area is 172 Å². The van der Waals surface area contributed by atoms with E-state index < -0.39 is 0 Å². The van der Waals surface area contributed by atoms with Crippen molar-refractivity contribution in [3.05, 3.63) is 65.2 Å². The van der Waals surface area contributed by atoms with Gasteiger partial charge >= 0.3 is 0 Å². The quantitative estimate of drug-likeness (QED) is 0.563. The predicted octanol–water partition coefficient (Wildman–Crippen LogP) is 3.83. The predicted molar refractivity (Wildman–Crippen MR) is 110 cm³/mol. The van der Waals surface area contributed by atoms with E-state index in [2.05, 4.69) is 25.4 Å². The molecule has 7 nitrogen and oxygen atoms in total. The molecule has 8 heteroatoms. The van der Waals surface area contributed by atoms with Crippen LogP contribution in [-0.4, -0.2) is 30.6 Å². The molecule has 150 valence electrons. The molecule has 1 aliphatic rings. The van der Waals surface area contributed by atoms with E-state index in [-0.39, 0.29) is 24.2 Å². The van der Waals surface area contributed by atoms with Crippen LogP contribution >= 0.6 is 0 Å². The fraction of sp³-hybridized carbons (Fsp3) is 0.227. The number of anilines is 1. The van der Waals surface area contributed by atoms with Crippen LogP contribution in [0.15, 0.2) is 42.6 Å². The number of pyridine rings is 1. The standard InChI is InChI=1S/C22H19FN6O/c1-12-10-17(30)26-20-18(12)13(2)25-21(27-20)19-15-7-5-9-24-22(15)29(28-19)11-14-6-3-4-8-16(14)23/h3-9,12H,10-11H2,1-2H3,(H,25,26,27,30). The number of hydrogen-bond acceptors (Lipinski definition) is 5. The number of aromatic nitrogens is 5. The second-order valence-electron chi connectivity index (χ2n) is 7.52. The number of rotatable bonds is 3. The Kier molecular flexibility index (Phi) is 4.27. The van der Waals surface area contributed by atoms with Crippen LogP contribution in [0.2, 0.25) is 0 Å². The van der Waals surface area contributed by atoms with Crippen molar-refractivity contribution in [3.63, 3.8) is 0 Å². The Morgan fingerprint density at radius 2 is 2.03 bits per heavy atom. The third kappa shape index (κ3) is 3.01. The number of carbonyl (C=O) groups is 1. The lowest BCUT2D eigenvalue weighted by atomic mass is 9.93. The third-order valence-corrected chi connectivity index (χ3v) is 5.38. The number of fused-ring (bicyclic) bond motifs is 2. The first-order valence-electron chi connectivity index (χ1n) is 9.75. The van der Waals surface area contributed by atoms with Gasteiger partial charge in [0.1, 0.15) is 17.3 Å². The minimum Gasteiger partial charge on any atom is -0.310 e. The van der Waals surface area contributed by atoms with Gasteiger partial charge in [-0.2, -0.15) is 5.10 Å². The number of benzene rings is 1. The Morgan fingerprint density at radius 3 is 2.87 bits per heavy atom. The van der Waals surface area contributed by atoms with Crippen molar-refractivity contribution in [3.8, 4) is 11.5 Å². The molecule has 1 amide bonds. The molecule has 0 radical (unpaired) electrons. The van der Waals surface area contributed by atoms with E-state index in [0.717, 1.165) is 16.6 Å². The summed E-state index contributed by atoms with van der Waals surface area (Å²) >= 11 is 0. The van der Waals surface area contributed by atoms with Gasteiger partial charge in [0, 0.05) is 29.4 Å². The summed E-state index contributed by atoms with van der Waals surface area (Å²) in [6.07, 6.45) is 2.09. The minimum atomic E-state index is -0.295. The Balaban J connectivity index is 1.66. The number of halogens is 1. The summed E-state index contributed by atoms with van der Waals surface area (Å²) in [6.45, 7) is 4.14. The minimum absolute atomic E-state index is 0.0554. The highest BCUT2D eigenvalue weighted by Gasteiger charge is 2.27. The molecule has 4 aromatic rings. The first-order chi connectivity index (χ1) is 14.5. The lowest BCUT2D eigenvalue weighted by Gasteiger charge is -2.23. The lowest BCUT2D eigenvalue weighted by Crippen LogP contribution is -2.24. The van der Waals surface area contributed by atoms with Crippen molar-refractivity contribution in [1.29, 1.82) is 0 Å². The molecule has 5 rings (SSSR count). The van der Waals surface area contributed by atoms with Gasteiger partial charge < -0.3 is 5.32 Å². The highest BCUT2D eigenvalue weighted by atomic mass is 19.1. The zero-order chi connectivity index (χ0) is 20.8. The maximum Gasteiger partial charge on any atom is 0.226 e. The first kappa shape index (κ1) is 18.4. The fourth-order valence-electron chi connectivity index (χ4n) is 4.01. The van der Waals surface area contributed by atoms with Gasteiger partial charge in [0.25, 0.3) is 0 Å². The van der Waals surface area contributed by atoms with Crippen LogP contribution < -0.4 is 5.32 Å². The number of hydrogen-bond donors (Lipinski definition) is 1. The van der Waals surface area contributed by atoms with Crippen LogP contribution in [0.25, 0.3) is 22.6 Å². The largest absolute Gasteiger partial charge is 0.310 e. The van der Waals surface area contributed by atoms with Gasteiger partial charge in [-0.1, -0.05) is 25.1 Å². The van der Waals surface area contributed by atoms with Crippen LogP contribution in [0.4, 0.5) is 10.2 Å². The maximum absolute atomic E-state index is 14.2. The molecule has 0 bridgehead atoms. The summed E-state index contributed by atoms with van der Waals surface area (Å²) < 4.78 is 15.8. The van der Waals surface area contributed by atoms with Gasteiger partial charge in [-0.3, -0.25) is 4.79 Å². The van der Waals surface area contributed by atoms with Crippen LogP contribution in [0, 0.1) is 12.7 Å². The van der Waals surface area contributed by atoms with Gasteiger partial charge in [-0.25, -0.2) is 24.0 Å². The Hall–Kier alpha value is -3.68. The van der Waals surface area contributed by atoms with Gasteiger partial charge in [0.15, 0.2) is 11.5 Å². The van der Waals surface area contributed by atoms with E-state index in [1.165, 1.54) is 6.07 Å². The SMILES string of the molecule is Cc1nc(-c2nn(Cc3ccccc3F)c3ncccc23)nc2c1C(C)CC(=O)N2. The van der Waals surface area contributed by atoms with Gasteiger partial charge in [0.05, 0.1) is 11.9 Å². The molecule has 3 aromatic heterocycles. The lowest BCUT2D eigenvalue weighted by molar-refractivity contribution is -0.116. The van der Waals surface area contributed by atoms with Crippen molar-refractivity contribution >= 4 is 22.8 Å². The number of nitrogens with zero attached hydrogens (tertiary/aromatic N) is 5. The van der Waals surface area contributed by atoms with Crippen molar-refractivity contribution in [2.45, 2.75) is 32.7 Å². The third-order valence-electron chi connectivity index (χ3n) is 5.38. The van der Waals surface area contributed by atoms with E-state index in [1.54, 1.807) is 29.1 Å². The maximum atomic E-state index is 14.2. The molecule has 1 aliphatic heterocycles. The van der Waals surface area contributed by atoms with E-state index in [1.807, 2.05) is 26.0 Å². The van der Waals surface area contributed by atoms with Crippen LogP contribution in [-0.2, 0) is 11.3 Å². The monoisotopic (exact) mass is 402 g/mol. The average molecular weight is 402 g/mol. The van der Waals surface area contributed by atoms with Crippen molar-refractivity contribution in [1.82, 2.24) is 24.7 Å². The number of aryl methyl sites for hydroxylation is 1. The topological polar surface area (TPSA) is 85.6 Å². The molecule has 0 aliphatic carbocycles. The fourth-order valence-corrected chi connectivity index (χ4v) is 4.01. The zero-order valence-corrected chi connectivity index (χ0v) is 16.6. The van der Waals surface area contributed by atoms with Gasteiger partial charge in [-0.15, -0.1) is 0 Å². The van der Waals surface area contributed by atoms with Crippen LogP contribution in [0.1, 0.15) is 36.1 Å². The summed E-state index contributed by atoms with van der Waals surface area (Å²) in [5, 5.41) is 8.29. The van der Waals surface area contributed by atoms with Crippen LogP contribution in [0.5, 0.6) is 0 Å². The summed E-state index contributed by atoms with van der Waals surface area (Å²) in [4.78, 5) is 25.7. The highest BCUT2D eigenvalue weighted by molar-refractivity contribution is 5.95. The summed E-state index contributed by atoms with van der Waals surface area (Å²) in [5.41, 5.74) is 3.44. The second-order valence-corrected chi connectivity index (χ2v) is 7.52. The van der Waals surface area contributed by atoms with Crippen molar-refractivity contribution < 1.29 is 9.18 Å². The number of amides is 1. The number of carbonyl (C=O) groups excluding carboxylic acids is 1. The molecule has 4 heterocycles. The van der Waals surface area contributed by atoms with Crippen molar-refractivity contribution in [2.75, 3.05) is 5.32 Å². The van der Waals surface area contributed by atoms with E-state index in [9.17, 15) is 9.18 Å². The smallest absolute Gasteiger partial charge is 0.226 e. The second kappa shape index (κ2) is 6.98. The summed E-state index contributed by atoms with van der Waals surface area (Å²) in [6, 6.07) is 10.3. The Bertz CT molecular complexity index is 1300. The summed E-state index contributed by atoms with van der Waals surface area (Å²) in [5.74, 6) is 0.638. The molecule has 0 spiro atoms. The molecule has 1 unspecified atom stereocenters.